The van der Waals surface area contributed by atoms with E-state index in [-0.39, 0.29) is 21.7 Å². The molecule has 4 fully saturated rings. The Morgan fingerprint density at radius 1 is 0.507 bits per heavy atom. The molecule has 350 valence electrons. The molecule has 5 nitrogen and oxygen atoms in total. The van der Waals surface area contributed by atoms with Gasteiger partial charge in [0.05, 0.1) is 22.4 Å². The van der Waals surface area contributed by atoms with Crippen molar-refractivity contribution in [2.45, 2.75) is 122 Å². The summed E-state index contributed by atoms with van der Waals surface area (Å²) in [5, 5.41) is 2.36. The van der Waals surface area contributed by atoms with Crippen molar-refractivity contribution in [3.63, 3.8) is 0 Å². The first-order valence-electron chi connectivity index (χ1n) is 25.7. The minimum atomic E-state index is -0.0225. The molecular weight excluding hydrogens is 841 g/mol. The largest absolute Gasteiger partial charge is 0.457 e. The van der Waals surface area contributed by atoms with Gasteiger partial charge in [0.15, 0.2) is 0 Å². The summed E-state index contributed by atoms with van der Waals surface area (Å²) < 4.78 is 9.28. The zero-order valence-corrected chi connectivity index (χ0v) is 42.2. The molecule has 6 aromatic carbocycles. The van der Waals surface area contributed by atoms with Crippen molar-refractivity contribution in [3.8, 4) is 28.4 Å². The highest BCUT2D eigenvalue weighted by molar-refractivity contribution is 6.10. The molecule has 8 aromatic rings. The smallest absolute Gasteiger partial charge is 0.137 e. The Morgan fingerprint density at radius 2 is 1.17 bits per heavy atom. The number of benzene rings is 6. The number of nitrogens with zero attached hydrogens (tertiary/aromatic N) is 4. The van der Waals surface area contributed by atoms with E-state index in [1.807, 2.05) is 6.20 Å². The van der Waals surface area contributed by atoms with Crippen LogP contribution in [-0.2, 0) is 21.7 Å². The summed E-state index contributed by atoms with van der Waals surface area (Å²) in [5.74, 6) is 5.10. The molecule has 0 amide bonds. The van der Waals surface area contributed by atoms with Gasteiger partial charge in [-0.3, -0.25) is 4.57 Å². The lowest BCUT2D eigenvalue weighted by Crippen LogP contribution is -2.48. The molecule has 13 rings (SSSR count). The third-order valence-corrected chi connectivity index (χ3v) is 16.5. The Morgan fingerprint density at radius 3 is 1.86 bits per heavy atom. The number of ether oxygens (including phenoxy) is 1. The molecule has 4 aliphatic carbocycles. The van der Waals surface area contributed by atoms with Crippen LogP contribution < -0.4 is 14.5 Å². The molecule has 0 unspecified atom stereocenters. The molecule has 4 saturated carbocycles. The van der Waals surface area contributed by atoms with E-state index in [0.717, 1.165) is 58.5 Å². The average molecular weight is 909 g/mol. The number of fused-ring (bicyclic) bond motifs is 4. The molecule has 1 aliphatic heterocycles. The van der Waals surface area contributed by atoms with E-state index >= 15 is 0 Å². The zero-order valence-electron chi connectivity index (χ0n) is 42.2. The van der Waals surface area contributed by atoms with Gasteiger partial charge in [0, 0.05) is 40.5 Å². The van der Waals surface area contributed by atoms with E-state index in [1.165, 1.54) is 94.2 Å². The van der Waals surface area contributed by atoms with E-state index < -0.39 is 0 Å². The second-order valence-corrected chi connectivity index (χ2v) is 24.5. The summed E-state index contributed by atoms with van der Waals surface area (Å²) in [6.45, 7) is 21.7. The van der Waals surface area contributed by atoms with Crippen LogP contribution in [0.3, 0.4) is 0 Å². The predicted molar refractivity (Wildman–Crippen MR) is 289 cm³/mol. The number of rotatable bonds is 7. The maximum absolute atomic E-state index is 6.96. The normalized spacial score (nSPS) is 21.1. The fourth-order valence-electron chi connectivity index (χ4n) is 13.2. The van der Waals surface area contributed by atoms with Gasteiger partial charge in [-0.05, 0) is 178 Å². The van der Waals surface area contributed by atoms with Crippen molar-refractivity contribution in [3.05, 3.63) is 168 Å². The highest BCUT2D eigenvalue weighted by Crippen LogP contribution is 2.64. The van der Waals surface area contributed by atoms with Crippen molar-refractivity contribution in [1.82, 2.24) is 9.55 Å². The van der Waals surface area contributed by atoms with Crippen LogP contribution in [0.4, 0.5) is 22.7 Å². The van der Waals surface area contributed by atoms with E-state index in [2.05, 4.69) is 216 Å². The number of pyridine rings is 1. The summed E-state index contributed by atoms with van der Waals surface area (Å²) in [6, 6.07) is 51.9. The van der Waals surface area contributed by atoms with Crippen LogP contribution in [0.1, 0.15) is 123 Å². The SMILES string of the molecule is CC(C)(C)c1cc(N2CN(c3cccc(Oc4ccc5c6cc(-c7ccccc7)ccc6n(-c6cc(C(C)(C)C)ccn6)c5c4)c3)c3cccc(C45CC6CC(CC(C6)C4)C5)c32)cc(C(C)(C)C)c1. The van der Waals surface area contributed by atoms with E-state index in [9.17, 15) is 0 Å². The summed E-state index contributed by atoms with van der Waals surface area (Å²) in [5.41, 5.74) is 15.6. The highest BCUT2D eigenvalue weighted by atomic mass is 16.5. The third kappa shape index (κ3) is 7.72. The van der Waals surface area contributed by atoms with Crippen LogP contribution in [0.5, 0.6) is 11.5 Å². The standard InChI is InChI=1S/C64H68N4O/c1-61(2,3)46-25-26-65-59(34-46)68-56-24-21-45(44-15-11-10-12-16-44)30-54(56)53-23-22-52(36-58(53)68)69-51-18-13-17-49(35-51)66-40-67(50-32-47(62(4,5)6)31-48(33-50)63(7,8)9)60-55(19-14-20-57(60)66)64-37-41-27-42(38-64)29-43(28-41)39-64/h10-26,30-36,41-43H,27-29,37-40H2,1-9H3. The van der Waals surface area contributed by atoms with Gasteiger partial charge < -0.3 is 14.5 Å². The Balaban J connectivity index is 0.957. The zero-order chi connectivity index (χ0) is 47.6. The third-order valence-electron chi connectivity index (χ3n) is 16.5. The molecule has 0 N–H and O–H groups in total. The molecule has 0 spiro atoms. The number of para-hydroxylation sites is 1. The van der Waals surface area contributed by atoms with Crippen molar-refractivity contribution >= 4 is 44.6 Å². The van der Waals surface area contributed by atoms with Gasteiger partial charge in [0.2, 0.25) is 0 Å². The van der Waals surface area contributed by atoms with Crippen LogP contribution in [0.2, 0.25) is 0 Å². The molecule has 2 aromatic heterocycles. The molecule has 5 heteroatoms. The second-order valence-electron chi connectivity index (χ2n) is 24.5. The van der Waals surface area contributed by atoms with Crippen molar-refractivity contribution in [2.75, 3.05) is 16.5 Å². The summed E-state index contributed by atoms with van der Waals surface area (Å²) in [4.78, 5) is 10.2. The van der Waals surface area contributed by atoms with Crippen molar-refractivity contribution < 1.29 is 4.74 Å². The quantitative estimate of drug-likeness (QED) is 0.160. The molecule has 0 saturated heterocycles. The fourth-order valence-corrected chi connectivity index (χ4v) is 13.2. The van der Waals surface area contributed by atoms with Gasteiger partial charge in [-0.2, -0.15) is 0 Å². The van der Waals surface area contributed by atoms with Gasteiger partial charge in [-0.25, -0.2) is 4.98 Å². The van der Waals surface area contributed by atoms with Crippen molar-refractivity contribution in [1.29, 1.82) is 0 Å². The molecule has 4 bridgehead atoms. The van der Waals surface area contributed by atoms with Gasteiger partial charge in [0.1, 0.15) is 24.0 Å². The monoisotopic (exact) mass is 909 g/mol. The summed E-state index contributed by atoms with van der Waals surface area (Å²) in [7, 11) is 0. The maximum Gasteiger partial charge on any atom is 0.137 e. The number of aromatic nitrogens is 2. The molecular formula is C64H68N4O. The summed E-state index contributed by atoms with van der Waals surface area (Å²) >= 11 is 0. The highest BCUT2D eigenvalue weighted by Gasteiger charge is 2.53. The first-order chi connectivity index (χ1) is 33.0. The van der Waals surface area contributed by atoms with E-state index in [4.69, 9.17) is 9.72 Å². The predicted octanol–water partition coefficient (Wildman–Crippen LogP) is 17.2. The minimum absolute atomic E-state index is 0.0127. The first kappa shape index (κ1) is 43.9. The topological polar surface area (TPSA) is 33.5 Å². The van der Waals surface area contributed by atoms with Gasteiger partial charge >= 0.3 is 0 Å². The molecule has 0 radical (unpaired) electrons. The van der Waals surface area contributed by atoms with Crippen LogP contribution in [-0.4, -0.2) is 16.2 Å². The van der Waals surface area contributed by atoms with Crippen LogP contribution in [0.15, 0.2) is 146 Å². The van der Waals surface area contributed by atoms with Crippen LogP contribution >= 0.6 is 0 Å². The molecule has 0 atom stereocenters. The lowest BCUT2D eigenvalue weighted by Gasteiger charge is -2.57. The second kappa shape index (κ2) is 15.9. The molecule has 5 aliphatic rings. The number of hydrogen-bond donors (Lipinski definition) is 0. The summed E-state index contributed by atoms with van der Waals surface area (Å²) in [6.07, 6.45) is 10.3. The number of anilines is 4. The first-order valence-corrected chi connectivity index (χ1v) is 25.7. The van der Waals surface area contributed by atoms with Crippen molar-refractivity contribution in [2.24, 2.45) is 17.8 Å². The maximum atomic E-state index is 6.96. The Kier molecular flexibility index (Phi) is 10.1. The van der Waals surface area contributed by atoms with Crippen LogP contribution in [0.25, 0.3) is 38.8 Å². The van der Waals surface area contributed by atoms with Gasteiger partial charge in [-0.1, -0.05) is 123 Å². The molecule has 3 heterocycles. The Labute approximate surface area is 410 Å². The van der Waals surface area contributed by atoms with Crippen LogP contribution in [0, 0.1) is 17.8 Å². The molecule has 69 heavy (non-hydrogen) atoms. The lowest BCUT2D eigenvalue weighted by atomic mass is 9.48. The van der Waals surface area contributed by atoms with Gasteiger partial charge in [0.25, 0.3) is 0 Å². The van der Waals surface area contributed by atoms with E-state index in [1.54, 1.807) is 5.56 Å². The van der Waals surface area contributed by atoms with E-state index in [0.29, 0.717) is 0 Å². The Hall–Kier alpha value is -6.33. The Bertz CT molecular complexity index is 3220. The lowest BCUT2D eigenvalue weighted by molar-refractivity contribution is -0.00489. The average Bonchev–Trinajstić information content (AvgIpc) is 3.86. The minimum Gasteiger partial charge on any atom is -0.457 e. The van der Waals surface area contributed by atoms with Gasteiger partial charge in [-0.15, -0.1) is 0 Å². The fraction of sp³-hybridized carbons (Fsp3) is 0.359. The number of hydrogen-bond acceptors (Lipinski definition) is 4.